The number of likely N-dealkylation sites (tertiary alicyclic amines) is 1. The van der Waals surface area contributed by atoms with Gasteiger partial charge in [0.2, 0.25) is 5.91 Å². The molecular weight excluding hydrogens is 430 g/mol. The summed E-state index contributed by atoms with van der Waals surface area (Å²) in [6.45, 7) is 8.81. The SMILES string of the molecule is CC1CCCN(C(C)(C)CNC(=O)C(CCS(C)(=O)=O)NC(=O)OCc2ccccc2)C1. The number of rotatable bonds is 10. The Labute approximate surface area is 192 Å². The molecule has 180 valence electrons. The largest absolute Gasteiger partial charge is 0.445 e. The molecule has 0 radical (unpaired) electrons. The number of amides is 2. The van der Waals surface area contributed by atoms with Crippen LogP contribution < -0.4 is 10.6 Å². The first-order valence-electron chi connectivity index (χ1n) is 11.1. The van der Waals surface area contributed by atoms with Crippen molar-refractivity contribution >= 4 is 21.8 Å². The molecule has 1 aliphatic heterocycles. The van der Waals surface area contributed by atoms with Crippen molar-refractivity contribution in [2.45, 2.75) is 58.2 Å². The summed E-state index contributed by atoms with van der Waals surface area (Å²) in [5.74, 6) is -0.0115. The van der Waals surface area contributed by atoms with Crippen molar-refractivity contribution in [1.29, 1.82) is 0 Å². The topological polar surface area (TPSA) is 105 Å². The minimum Gasteiger partial charge on any atom is -0.445 e. The first kappa shape index (κ1) is 26.1. The number of benzene rings is 1. The van der Waals surface area contributed by atoms with Gasteiger partial charge in [0.1, 0.15) is 22.5 Å². The Hall–Kier alpha value is -2.13. The van der Waals surface area contributed by atoms with Gasteiger partial charge < -0.3 is 15.4 Å². The van der Waals surface area contributed by atoms with Crippen LogP contribution in [-0.4, -0.2) is 68.5 Å². The van der Waals surface area contributed by atoms with E-state index < -0.39 is 27.9 Å². The van der Waals surface area contributed by atoms with Crippen LogP contribution in [0.1, 0.15) is 45.6 Å². The summed E-state index contributed by atoms with van der Waals surface area (Å²) in [7, 11) is -3.29. The molecule has 0 spiro atoms. The van der Waals surface area contributed by atoms with Gasteiger partial charge in [-0.2, -0.15) is 0 Å². The van der Waals surface area contributed by atoms with Crippen LogP contribution >= 0.6 is 0 Å². The highest BCUT2D eigenvalue weighted by atomic mass is 32.2. The summed E-state index contributed by atoms with van der Waals surface area (Å²) in [5.41, 5.74) is 0.566. The Morgan fingerprint density at radius 2 is 1.94 bits per heavy atom. The lowest BCUT2D eigenvalue weighted by Gasteiger charge is -2.43. The second-order valence-corrected chi connectivity index (χ2v) is 11.7. The summed E-state index contributed by atoms with van der Waals surface area (Å²) in [5, 5.41) is 5.44. The van der Waals surface area contributed by atoms with Crippen LogP contribution in [0.5, 0.6) is 0 Å². The first-order chi connectivity index (χ1) is 15.0. The van der Waals surface area contributed by atoms with Crippen molar-refractivity contribution in [3.63, 3.8) is 0 Å². The van der Waals surface area contributed by atoms with Gasteiger partial charge in [0.25, 0.3) is 0 Å². The summed E-state index contributed by atoms with van der Waals surface area (Å²) < 4.78 is 28.5. The zero-order chi connectivity index (χ0) is 23.8. The monoisotopic (exact) mass is 467 g/mol. The molecule has 2 atom stereocenters. The molecule has 1 aliphatic rings. The predicted molar refractivity (Wildman–Crippen MR) is 125 cm³/mol. The Balaban J connectivity index is 1.94. The molecule has 2 unspecified atom stereocenters. The number of nitrogens with one attached hydrogen (secondary N) is 2. The summed E-state index contributed by atoms with van der Waals surface area (Å²) >= 11 is 0. The van der Waals surface area contributed by atoms with Crippen molar-refractivity contribution in [3.8, 4) is 0 Å². The maximum atomic E-state index is 12.9. The van der Waals surface area contributed by atoms with Crippen molar-refractivity contribution < 1.29 is 22.7 Å². The van der Waals surface area contributed by atoms with Gasteiger partial charge in [-0.05, 0) is 51.1 Å². The molecule has 8 nitrogen and oxygen atoms in total. The minimum atomic E-state index is -3.29. The van der Waals surface area contributed by atoms with Gasteiger partial charge in [0.05, 0.1) is 5.75 Å². The number of nitrogens with zero attached hydrogens (tertiary/aromatic N) is 1. The number of hydrogen-bond donors (Lipinski definition) is 2. The molecule has 2 rings (SSSR count). The van der Waals surface area contributed by atoms with Gasteiger partial charge in [-0.15, -0.1) is 0 Å². The molecule has 1 saturated heterocycles. The molecule has 1 fully saturated rings. The molecule has 0 aromatic heterocycles. The van der Waals surface area contributed by atoms with Gasteiger partial charge in [-0.3, -0.25) is 9.69 Å². The van der Waals surface area contributed by atoms with E-state index in [0.717, 1.165) is 31.3 Å². The number of piperidine rings is 1. The molecule has 1 aromatic rings. The van der Waals surface area contributed by atoms with E-state index in [0.29, 0.717) is 12.5 Å². The van der Waals surface area contributed by atoms with Crippen LogP contribution in [0.3, 0.4) is 0 Å². The molecule has 9 heteroatoms. The fourth-order valence-electron chi connectivity index (χ4n) is 3.79. The van der Waals surface area contributed by atoms with Crippen molar-refractivity contribution in [2.24, 2.45) is 5.92 Å². The van der Waals surface area contributed by atoms with Crippen LogP contribution in [0.4, 0.5) is 4.79 Å². The Morgan fingerprint density at radius 3 is 2.56 bits per heavy atom. The zero-order valence-corrected chi connectivity index (χ0v) is 20.4. The summed E-state index contributed by atoms with van der Waals surface area (Å²) in [4.78, 5) is 27.5. The van der Waals surface area contributed by atoms with Crippen molar-refractivity contribution in [2.75, 3.05) is 31.6 Å². The third kappa shape index (κ3) is 9.16. The van der Waals surface area contributed by atoms with Gasteiger partial charge in [-0.25, -0.2) is 13.2 Å². The van der Waals surface area contributed by atoms with E-state index in [1.165, 1.54) is 6.42 Å². The smallest absolute Gasteiger partial charge is 0.408 e. The number of hydrogen-bond acceptors (Lipinski definition) is 6. The van der Waals surface area contributed by atoms with Gasteiger partial charge in [0.15, 0.2) is 0 Å². The average molecular weight is 468 g/mol. The second kappa shape index (κ2) is 11.7. The maximum Gasteiger partial charge on any atom is 0.408 e. The number of carbonyl (C=O) groups excluding carboxylic acids is 2. The summed E-state index contributed by atoms with van der Waals surface area (Å²) in [6.07, 6.45) is 2.67. The fraction of sp³-hybridized carbons (Fsp3) is 0.652. The number of carbonyl (C=O) groups is 2. The Kier molecular flexibility index (Phi) is 9.51. The van der Waals surface area contributed by atoms with E-state index in [1.54, 1.807) is 0 Å². The Morgan fingerprint density at radius 1 is 1.25 bits per heavy atom. The van der Waals surface area contributed by atoms with Crippen molar-refractivity contribution in [3.05, 3.63) is 35.9 Å². The second-order valence-electron chi connectivity index (χ2n) is 9.40. The molecule has 2 N–H and O–H groups in total. The highest BCUT2D eigenvalue weighted by molar-refractivity contribution is 7.90. The van der Waals surface area contributed by atoms with Crippen LogP contribution in [0, 0.1) is 5.92 Å². The van der Waals surface area contributed by atoms with E-state index in [-0.39, 0.29) is 24.3 Å². The lowest BCUT2D eigenvalue weighted by Crippen LogP contribution is -2.57. The van der Waals surface area contributed by atoms with Crippen LogP contribution in [0.25, 0.3) is 0 Å². The quantitative estimate of drug-likeness (QED) is 0.547. The van der Waals surface area contributed by atoms with Gasteiger partial charge >= 0.3 is 6.09 Å². The van der Waals surface area contributed by atoms with Gasteiger partial charge in [0, 0.05) is 24.9 Å². The third-order valence-corrected chi connectivity index (χ3v) is 6.78. The first-order valence-corrected chi connectivity index (χ1v) is 13.2. The highest BCUT2D eigenvalue weighted by Crippen LogP contribution is 2.23. The van der Waals surface area contributed by atoms with Crippen LogP contribution in [0.2, 0.25) is 0 Å². The Bertz CT molecular complexity index is 858. The lowest BCUT2D eigenvalue weighted by atomic mass is 9.93. The summed E-state index contributed by atoms with van der Waals surface area (Å²) in [6, 6.07) is 8.19. The standard InChI is InChI=1S/C23H37N3O5S/c1-18-9-8-13-26(15-18)23(2,3)17-24-21(27)20(12-14-32(4,29)30)25-22(28)31-16-19-10-6-5-7-11-19/h5-7,10-11,18,20H,8-9,12-17H2,1-4H3,(H,24,27)(H,25,28). The molecule has 0 bridgehead atoms. The number of ether oxygens (including phenoxy) is 1. The molecule has 2 amide bonds. The van der Waals surface area contributed by atoms with Crippen LogP contribution in [0.15, 0.2) is 30.3 Å². The molecule has 0 aliphatic carbocycles. The number of alkyl carbamates (subject to hydrolysis) is 1. The van der Waals surface area contributed by atoms with Crippen molar-refractivity contribution in [1.82, 2.24) is 15.5 Å². The third-order valence-electron chi connectivity index (χ3n) is 5.81. The normalized spacial score (nSPS) is 18.6. The fourth-order valence-corrected chi connectivity index (χ4v) is 4.45. The molecule has 0 saturated carbocycles. The van der Waals surface area contributed by atoms with Crippen LogP contribution in [-0.2, 0) is 26.0 Å². The van der Waals surface area contributed by atoms with E-state index in [9.17, 15) is 18.0 Å². The minimum absolute atomic E-state index is 0.0215. The lowest BCUT2D eigenvalue weighted by molar-refractivity contribution is -0.123. The maximum absolute atomic E-state index is 12.9. The molecule has 1 aromatic carbocycles. The molecular formula is C23H37N3O5S. The number of sulfone groups is 1. The average Bonchev–Trinajstić information content (AvgIpc) is 2.73. The van der Waals surface area contributed by atoms with E-state index in [2.05, 4.69) is 36.3 Å². The molecule has 1 heterocycles. The van der Waals surface area contributed by atoms with E-state index in [1.807, 2.05) is 30.3 Å². The van der Waals surface area contributed by atoms with E-state index >= 15 is 0 Å². The molecule has 32 heavy (non-hydrogen) atoms. The highest BCUT2D eigenvalue weighted by Gasteiger charge is 2.32. The van der Waals surface area contributed by atoms with Gasteiger partial charge in [-0.1, -0.05) is 37.3 Å². The van der Waals surface area contributed by atoms with E-state index in [4.69, 9.17) is 4.74 Å². The predicted octanol–water partition coefficient (Wildman–Crippen LogP) is 2.34. The zero-order valence-electron chi connectivity index (χ0n) is 19.6.